The summed E-state index contributed by atoms with van der Waals surface area (Å²) in [6, 6.07) is 6.22. The van der Waals surface area contributed by atoms with Crippen molar-refractivity contribution in [2.24, 2.45) is 0 Å². The van der Waals surface area contributed by atoms with E-state index in [0.29, 0.717) is 17.5 Å². The maximum absolute atomic E-state index is 12.9. The van der Waals surface area contributed by atoms with Crippen molar-refractivity contribution < 1.29 is 14.3 Å². The molecule has 2 fully saturated rings. The van der Waals surface area contributed by atoms with Crippen LogP contribution in [0.3, 0.4) is 0 Å². The molecule has 25 heavy (non-hydrogen) atoms. The first-order valence-corrected chi connectivity index (χ1v) is 9.24. The van der Waals surface area contributed by atoms with E-state index in [-0.39, 0.29) is 18.1 Å². The topological polar surface area (TPSA) is 42.0 Å². The van der Waals surface area contributed by atoms with Gasteiger partial charge in [-0.05, 0) is 70.8 Å². The maximum Gasteiger partial charge on any atom is 0.261 e. The summed E-state index contributed by atoms with van der Waals surface area (Å²) in [5.41, 5.74) is 1.02. The van der Waals surface area contributed by atoms with Crippen molar-refractivity contribution in [1.82, 2.24) is 9.80 Å². The van der Waals surface area contributed by atoms with Crippen LogP contribution in [0, 0.1) is 6.92 Å². The maximum atomic E-state index is 12.9. The fourth-order valence-corrected chi connectivity index (χ4v) is 4.55. The predicted molar refractivity (Wildman–Crippen MR) is 98.2 cm³/mol. The van der Waals surface area contributed by atoms with Gasteiger partial charge in [0.2, 0.25) is 0 Å². The van der Waals surface area contributed by atoms with Gasteiger partial charge in [0.05, 0.1) is 12.6 Å². The van der Waals surface area contributed by atoms with Gasteiger partial charge in [-0.3, -0.25) is 4.79 Å². The van der Waals surface area contributed by atoms with Gasteiger partial charge in [-0.2, -0.15) is 0 Å². The monoisotopic (exact) mass is 346 g/mol. The van der Waals surface area contributed by atoms with Gasteiger partial charge in [0.1, 0.15) is 0 Å². The molecule has 3 rings (SSSR count). The molecule has 1 amide bonds. The zero-order valence-electron chi connectivity index (χ0n) is 15.9. The number of piperidine rings is 2. The van der Waals surface area contributed by atoms with Crippen LogP contribution in [0.5, 0.6) is 11.5 Å². The number of hydrogen-bond donors (Lipinski definition) is 0. The van der Waals surface area contributed by atoms with Crippen LogP contribution in [0.4, 0.5) is 0 Å². The number of carbonyl (C=O) groups excluding carboxylic acids is 1. The van der Waals surface area contributed by atoms with Crippen LogP contribution in [-0.2, 0) is 4.79 Å². The van der Waals surface area contributed by atoms with E-state index in [1.54, 1.807) is 7.11 Å². The molecule has 0 radical (unpaired) electrons. The largest absolute Gasteiger partial charge is 0.493 e. The number of amides is 1. The molecule has 0 aromatic heterocycles. The molecule has 0 spiro atoms. The highest BCUT2D eigenvalue weighted by Gasteiger charge is 2.47. The van der Waals surface area contributed by atoms with Gasteiger partial charge in [-0.15, -0.1) is 0 Å². The first-order valence-electron chi connectivity index (χ1n) is 9.24. The number of hydrogen-bond acceptors (Lipinski definition) is 4. The normalized spacial score (nSPS) is 26.9. The van der Waals surface area contributed by atoms with Gasteiger partial charge >= 0.3 is 0 Å². The highest BCUT2D eigenvalue weighted by molar-refractivity contribution is 5.79. The molecule has 5 heteroatoms. The van der Waals surface area contributed by atoms with Crippen molar-refractivity contribution in [2.45, 2.75) is 51.1 Å². The SMILES string of the molecule is COc1cc(C)ccc1OCC(=O)N1CCC[C@@H]2N(C)CCC[C@@]21C. The lowest BCUT2D eigenvalue weighted by atomic mass is 9.76. The molecule has 0 saturated carbocycles. The molecule has 0 aliphatic carbocycles. The van der Waals surface area contributed by atoms with Crippen molar-refractivity contribution in [3.05, 3.63) is 23.8 Å². The number of likely N-dealkylation sites (N-methyl/N-ethyl adjacent to an activating group) is 1. The summed E-state index contributed by atoms with van der Waals surface area (Å²) in [5.74, 6) is 1.37. The summed E-state index contributed by atoms with van der Waals surface area (Å²) in [4.78, 5) is 17.4. The Balaban J connectivity index is 1.70. The molecule has 2 aliphatic heterocycles. The molecule has 1 aromatic carbocycles. The first-order chi connectivity index (χ1) is 12.0. The predicted octanol–water partition coefficient (Wildman–Crippen LogP) is 2.86. The summed E-state index contributed by atoms with van der Waals surface area (Å²) < 4.78 is 11.2. The van der Waals surface area contributed by atoms with Gasteiger partial charge in [0.15, 0.2) is 18.1 Å². The van der Waals surface area contributed by atoms with E-state index in [9.17, 15) is 4.79 Å². The highest BCUT2D eigenvalue weighted by atomic mass is 16.5. The van der Waals surface area contributed by atoms with E-state index in [1.165, 1.54) is 6.42 Å². The molecule has 2 atom stereocenters. The fourth-order valence-electron chi connectivity index (χ4n) is 4.55. The van der Waals surface area contributed by atoms with Crippen molar-refractivity contribution in [1.29, 1.82) is 0 Å². The molecular weight excluding hydrogens is 316 g/mol. The Kier molecular flexibility index (Phi) is 5.23. The Bertz CT molecular complexity index is 633. The summed E-state index contributed by atoms with van der Waals surface area (Å²) in [7, 11) is 3.81. The number of aryl methyl sites for hydroxylation is 1. The third-order valence-corrected chi connectivity index (χ3v) is 5.89. The first kappa shape index (κ1) is 18.1. The lowest BCUT2D eigenvalue weighted by Crippen LogP contribution is -2.67. The van der Waals surface area contributed by atoms with Gasteiger partial charge < -0.3 is 19.3 Å². The van der Waals surface area contributed by atoms with Crippen molar-refractivity contribution in [2.75, 3.05) is 33.9 Å². The second-order valence-electron chi connectivity index (χ2n) is 7.59. The van der Waals surface area contributed by atoms with Crippen LogP contribution in [0.25, 0.3) is 0 Å². The Morgan fingerprint density at radius 2 is 2.08 bits per heavy atom. The van der Waals surface area contributed by atoms with Crippen molar-refractivity contribution in [3.63, 3.8) is 0 Å². The van der Waals surface area contributed by atoms with E-state index in [2.05, 4.69) is 23.8 Å². The number of carbonyl (C=O) groups is 1. The van der Waals surface area contributed by atoms with E-state index >= 15 is 0 Å². The lowest BCUT2D eigenvalue weighted by Gasteiger charge is -2.55. The molecule has 2 heterocycles. The molecule has 1 aromatic rings. The minimum Gasteiger partial charge on any atom is -0.493 e. The summed E-state index contributed by atoms with van der Waals surface area (Å²) in [5, 5.41) is 0. The van der Waals surface area contributed by atoms with E-state index in [0.717, 1.165) is 37.9 Å². The van der Waals surface area contributed by atoms with E-state index in [4.69, 9.17) is 9.47 Å². The highest BCUT2D eigenvalue weighted by Crippen LogP contribution is 2.38. The van der Waals surface area contributed by atoms with Crippen LogP contribution in [0.2, 0.25) is 0 Å². The number of fused-ring (bicyclic) bond motifs is 1. The molecular formula is C20H30N2O3. The molecule has 138 valence electrons. The Labute approximate surface area is 150 Å². The van der Waals surface area contributed by atoms with Crippen molar-refractivity contribution >= 4 is 5.91 Å². The molecule has 0 unspecified atom stereocenters. The average Bonchev–Trinajstić information content (AvgIpc) is 2.59. The number of rotatable bonds is 4. The second-order valence-corrected chi connectivity index (χ2v) is 7.59. The van der Waals surface area contributed by atoms with Crippen LogP contribution < -0.4 is 9.47 Å². The van der Waals surface area contributed by atoms with Gasteiger partial charge in [-0.25, -0.2) is 0 Å². The van der Waals surface area contributed by atoms with Crippen LogP contribution >= 0.6 is 0 Å². The van der Waals surface area contributed by atoms with Crippen molar-refractivity contribution in [3.8, 4) is 11.5 Å². The molecule has 2 aliphatic rings. The molecule has 5 nitrogen and oxygen atoms in total. The number of methoxy groups -OCH3 is 1. The number of nitrogens with zero attached hydrogens (tertiary/aromatic N) is 2. The van der Waals surface area contributed by atoms with E-state index in [1.807, 2.05) is 25.1 Å². The van der Waals surface area contributed by atoms with Gasteiger partial charge in [-0.1, -0.05) is 6.07 Å². The van der Waals surface area contributed by atoms with Gasteiger partial charge in [0, 0.05) is 12.6 Å². The average molecular weight is 346 g/mol. The summed E-state index contributed by atoms with van der Waals surface area (Å²) in [6.45, 7) is 6.27. The van der Waals surface area contributed by atoms with E-state index < -0.39 is 0 Å². The second kappa shape index (κ2) is 7.24. The Hall–Kier alpha value is -1.75. The third kappa shape index (κ3) is 3.47. The smallest absolute Gasteiger partial charge is 0.261 e. The number of benzene rings is 1. The Morgan fingerprint density at radius 3 is 2.84 bits per heavy atom. The Morgan fingerprint density at radius 1 is 1.28 bits per heavy atom. The van der Waals surface area contributed by atoms with Crippen LogP contribution in [-0.4, -0.2) is 61.1 Å². The minimum absolute atomic E-state index is 0.0610. The summed E-state index contributed by atoms with van der Waals surface area (Å²) in [6.07, 6.45) is 4.44. The number of likely N-dealkylation sites (tertiary alicyclic amines) is 2. The molecule has 2 saturated heterocycles. The fraction of sp³-hybridized carbons (Fsp3) is 0.650. The lowest BCUT2D eigenvalue weighted by molar-refractivity contribution is -0.148. The van der Waals surface area contributed by atoms with Gasteiger partial charge in [0.25, 0.3) is 5.91 Å². The minimum atomic E-state index is -0.0803. The van der Waals surface area contributed by atoms with Crippen LogP contribution in [0.1, 0.15) is 38.2 Å². The standard InChI is InChI=1S/C20H30N2O3/c1-15-8-9-16(17(13-15)24-4)25-14-19(23)22-12-5-7-18-20(22,2)10-6-11-21(18)3/h8-9,13,18H,5-7,10-12,14H2,1-4H3/t18-,20-/m0/s1. The quantitative estimate of drug-likeness (QED) is 0.841. The summed E-state index contributed by atoms with van der Waals surface area (Å²) >= 11 is 0. The zero-order chi connectivity index (χ0) is 18.0. The third-order valence-electron chi connectivity index (χ3n) is 5.89. The number of ether oxygens (including phenoxy) is 2. The molecule has 0 bridgehead atoms. The van der Waals surface area contributed by atoms with Crippen LogP contribution in [0.15, 0.2) is 18.2 Å². The molecule has 0 N–H and O–H groups in total. The zero-order valence-corrected chi connectivity index (χ0v) is 15.9.